The van der Waals surface area contributed by atoms with Crippen molar-refractivity contribution in [1.29, 1.82) is 0 Å². The summed E-state index contributed by atoms with van der Waals surface area (Å²) in [6.07, 6.45) is 3.52. The number of amides is 2. The van der Waals surface area contributed by atoms with Crippen LogP contribution in [0.4, 0.5) is 0 Å². The predicted molar refractivity (Wildman–Crippen MR) is 100 cm³/mol. The highest BCUT2D eigenvalue weighted by Crippen LogP contribution is 2.04. The highest BCUT2D eigenvalue weighted by Gasteiger charge is 2.06. The fraction of sp³-hybridized carbons (Fsp3) is 0.150. The lowest BCUT2D eigenvalue weighted by Crippen LogP contribution is -2.34. The van der Waals surface area contributed by atoms with Gasteiger partial charge in [-0.15, -0.1) is 0 Å². The van der Waals surface area contributed by atoms with Crippen LogP contribution in [0.3, 0.4) is 0 Å². The maximum Gasteiger partial charge on any atom is 0.259 e. The molecule has 0 fully saturated rings. The van der Waals surface area contributed by atoms with Crippen LogP contribution < -0.4 is 10.7 Å². The molecule has 0 aliphatic rings. The normalized spacial score (nSPS) is 11.4. The van der Waals surface area contributed by atoms with Crippen molar-refractivity contribution in [2.75, 3.05) is 6.54 Å². The molecular formula is C20H21N3O2. The smallest absolute Gasteiger partial charge is 0.259 e. The average Bonchev–Trinajstić information content (AvgIpc) is 2.61. The van der Waals surface area contributed by atoms with Gasteiger partial charge in [-0.25, -0.2) is 5.43 Å². The van der Waals surface area contributed by atoms with E-state index < -0.39 is 0 Å². The van der Waals surface area contributed by atoms with Gasteiger partial charge in [0.2, 0.25) is 0 Å². The maximum atomic E-state index is 11.9. The van der Waals surface area contributed by atoms with E-state index in [1.165, 1.54) is 0 Å². The van der Waals surface area contributed by atoms with Crippen molar-refractivity contribution in [2.24, 2.45) is 5.10 Å². The Balaban J connectivity index is 1.77. The van der Waals surface area contributed by atoms with E-state index in [1.54, 1.807) is 18.3 Å². The number of hydrogen-bond donors (Lipinski definition) is 2. The van der Waals surface area contributed by atoms with Gasteiger partial charge in [0.1, 0.15) is 0 Å². The first-order valence-electron chi connectivity index (χ1n) is 7.95. The molecule has 0 atom stereocenters. The van der Waals surface area contributed by atoms with Crippen LogP contribution in [0, 0.1) is 6.92 Å². The molecule has 0 saturated heterocycles. The van der Waals surface area contributed by atoms with Crippen molar-refractivity contribution >= 4 is 24.1 Å². The molecule has 0 aliphatic carbocycles. The summed E-state index contributed by atoms with van der Waals surface area (Å²) >= 11 is 0. The van der Waals surface area contributed by atoms with Crippen molar-refractivity contribution in [2.45, 2.75) is 13.8 Å². The Hall–Kier alpha value is -3.21. The van der Waals surface area contributed by atoms with Crippen LogP contribution >= 0.6 is 0 Å². The second kappa shape index (κ2) is 9.17. The zero-order valence-corrected chi connectivity index (χ0v) is 14.3. The van der Waals surface area contributed by atoms with E-state index in [2.05, 4.69) is 15.8 Å². The zero-order valence-electron chi connectivity index (χ0n) is 14.3. The van der Waals surface area contributed by atoms with E-state index >= 15 is 0 Å². The van der Waals surface area contributed by atoms with E-state index in [4.69, 9.17) is 0 Å². The Kier molecular flexibility index (Phi) is 6.65. The summed E-state index contributed by atoms with van der Waals surface area (Å²) < 4.78 is 0. The summed E-state index contributed by atoms with van der Waals surface area (Å²) in [5.41, 5.74) is 5.94. The summed E-state index contributed by atoms with van der Waals surface area (Å²) in [7, 11) is 0. The Morgan fingerprint density at radius 1 is 1.04 bits per heavy atom. The number of carbonyl (C=O) groups excluding carboxylic acids is 2. The number of nitrogens with one attached hydrogen (secondary N) is 2. The molecule has 2 N–H and O–H groups in total. The van der Waals surface area contributed by atoms with Crippen LogP contribution in [-0.2, 0) is 4.79 Å². The summed E-state index contributed by atoms with van der Waals surface area (Å²) in [5.74, 6) is -0.677. The zero-order chi connectivity index (χ0) is 18.1. The highest BCUT2D eigenvalue weighted by atomic mass is 16.2. The molecule has 2 amide bonds. The van der Waals surface area contributed by atoms with Gasteiger partial charge in [-0.3, -0.25) is 9.59 Å². The number of allylic oxidation sites excluding steroid dienone is 1. The third kappa shape index (κ3) is 6.43. The summed E-state index contributed by atoms with van der Waals surface area (Å²) in [6, 6.07) is 17.0. The first-order valence-corrected chi connectivity index (χ1v) is 7.95. The minimum absolute atomic E-state index is 0.133. The third-order valence-electron chi connectivity index (χ3n) is 3.37. The molecule has 0 unspecified atom stereocenters. The summed E-state index contributed by atoms with van der Waals surface area (Å²) in [4.78, 5) is 23.6. The van der Waals surface area contributed by atoms with Gasteiger partial charge in [0, 0.05) is 5.56 Å². The number of hydrogen-bond acceptors (Lipinski definition) is 3. The predicted octanol–water partition coefficient (Wildman–Crippen LogP) is 2.93. The van der Waals surface area contributed by atoms with Gasteiger partial charge in [-0.1, -0.05) is 54.1 Å². The first kappa shape index (κ1) is 18.1. The lowest BCUT2D eigenvalue weighted by atomic mass is 10.1. The quantitative estimate of drug-likeness (QED) is 0.629. The molecule has 0 bridgehead atoms. The van der Waals surface area contributed by atoms with Crippen LogP contribution in [0.25, 0.3) is 6.08 Å². The molecule has 5 heteroatoms. The summed E-state index contributed by atoms with van der Waals surface area (Å²) in [6.45, 7) is 3.70. The Morgan fingerprint density at radius 3 is 2.40 bits per heavy atom. The molecular weight excluding hydrogens is 314 g/mol. The van der Waals surface area contributed by atoms with Gasteiger partial charge in [0.15, 0.2) is 0 Å². The van der Waals surface area contributed by atoms with Crippen molar-refractivity contribution in [3.8, 4) is 0 Å². The average molecular weight is 335 g/mol. The van der Waals surface area contributed by atoms with Gasteiger partial charge >= 0.3 is 0 Å². The van der Waals surface area contributed by atoms with Gasteiger partial charge in [0.25, 0.3) is 11.8 Å². The molecule has 5 nitrogen and oxygen atoms in total. The lowest BCUT2D eigenvalue weighted by molar-refractivity contribution is -0.120. The van der Waals surface area contributed by atoms with E-state index in [-0.39, 0.29) is 18.4 Å². The number of nitrogens with zero attached hydrogens (tertiary/aromatic N) is 1. The lowest BCUT2D eigenvalue weighted by Gasteiger charge is -2.04. The fourth-order valence-corrected chi connectivity index (χ4v) is 2.06. The molecule has 0 spiro atoms. The van der Waals surface area contributed by atoms with E-state index in [9.17, 15) is 9.59 Å². The number of hydrazone groups is 1. The van der Waals surface area contributed by atoms with E-state index in [1.807, 2.05) is 62.4 Å². The van der Waals surface area contributed by atoms with Crippen LogP contribution in [-0.4, -0.2) is 24.6 Å². The molecule has 128 valence electrons. The standard InChI is InChI=1S/C20H21N3O2/c1-15-8-10-18(11-9-15)20(25)21-14-19(24)23-22-13-16(2)12-17-6-4-3-5-7-17/h3-13H,14H2,1-2H3,(H,21,25)(H,23,24)/b16-12-,22-13-. The molecule has 0 saturated carbocycles. The molecule has 0 aromatic heterocycles. The topological polar surface area (TPSA) is 70.6 Å². The largest absolute Gasteiger partial charge is 0.343 e. The first-order chi connectivity index (χ1) is 12.0. The van der Waals surface area contributed by atoms with Crippen molar-refractivity contribution in [3.63, 3.8) is 0 Å². The molecule has 2 aromatic rings. The second-order valence-corrected chi connectivity index (χ2v) is 5.64. The fourth-order valence-electron chi connectivity index (χ4n) is 2.06. The third-order valence-corrected chi connectivity index (χ3v) is 3.37. The maximum absolute atomic E-state index is 11.9. The minimum atomic E-state index is -0.385. The number of carbonyl (C=O) groups is 2. The highest BCUT2D eigenvalue weighted by molar-refractivity contribution is 5.96. The molecule has 2 aromatic carbocycles. The minimum Gasteiger partial charge on any atom is -0.343 e. The number of rotatable bonds is 6. The van der Waals surface area contributed by atoms with E-state index in [0.717, 1.165) is 16.7 Å². The molecule has 0 heterocycles. The Morgan fingerprint density at radius 2 is 1.72 bits per heavy atom. The SMILES string of the molecule is CC(/C=N\NC(=O)CNC(=O)c1ccc(C)cc1)=C/c1ccccc1. The number of aryl methyl sites for hydroxylation is 1. The number of benzene rings is 2. The van der Waals surface area contributed by atoms with Gasteiger partial charge in [-0.05, 0) is 37.1 Å². The van der Waals surface area contributed by atoms with Crippen LogP contribution in [0.2, 0.25) is 0 Å². The van der Waals surface area contributed by atoms with Crippen molar-refractivity contribution in [3.05, 3.63) is 76.9 Å². The molecule has 25 heavy (non-hydrogen) atoms. The van der Waals surface area contributed by atoms with Crippen LogP contribution in [0.15, 0.2) is 65.3 Å². The van der Waals surface area contributed by atoms with E-state index in [0.29, 0.717) is 5.56 Å². The van der Waals surface area contributed by atoms with Gasteiger partial charge in [-0.2, -0.15) is 5.10 Å². The Bertz CT molecular complexity index is 778. The molecule has 0 radical (unpaired) electrons. The van der Waals surface area contributed by atoms with Crippen LogP contribution in [0.1, 0.15) is 28.4 Å². The van der Waals surface area contributed by atoms with Gasteiger partial charge < -0.3 is 5.32 Å². The van der Waals surface area contributed by atoms with Crippen LogP contribution in [0.5, 0.6) is 0 Å². The molecule has 2 rings (SSSR count). The van der Waals surface area contributed by atoms with Crippen molar-refractivity contribution < 1.29 is 9.59 Å². The van der Waals surface area contributed by atoms with Gasteiger partial charge in [0.05, 0.1) is 12.8 Å². The Labute approximate surface area is 147 Å². The monoisotopic (exact) mass is 335 g/mol. The molecule has 0 aliphatic heterocycles. The van der Waals surface area contributed by atoms with Crippen molar-refractivity contribution in [1.82, 2.24) is 10.7 Å². The second-order valence-electron chi connectivity index (χ2n) is 5.64. The summed E-state index contributed by atoms with van der Waals surface area (Å²) in [5, 5.41) is 6.44.